The summed E-state index contributed by atoms with van der Waals surface area (Å²) in [5.74, 6) is 1.59. The molecule has 114 valence electrons. The molecule has 0 amide bonds. The summed E-state index contributed by atoms with van der Waals surface area (Å²) in [6.07, 6.45) is 1.16. The van der Waals surface area contributed by atoms with Crippen molar-refractivity contribution in [1.29, 1.82) is 0 Å². The molecule has 0 bridgehead atoms. The van der Waals surface area contributed by atoms with Gasteiger partial charge in [0, 0.05) is 39.3 Å². The lowest BCUT2D eigenvalue weighted by Crippen LogP contribution is -2.41. The molecule has 1 unspecified atom stereocenters. The lowest BCUT2D eigenvalue weighted by Gasteiger charge is -2.24. The van der Waals surface area contributed by atoms with Crippen LogP contribution >= 0.6 is 24.0 Å². The molecule has 1 saturated heterocycles. The lowest BCUT2D eigenvalue weighted by atomic mass is 10.1. The number of rotatable bonds is 7. The summed E-state index contributed by atoms with van der Waals surface area (Å²) in [7, 11) is 2.08. The van der Waals surface area contributed by atoms with Crippen molar-refractivity contribution in [1.82, 2.24) is 10.2 Å². The molecule has 1 atom stereocenters. The van der Waals surface area contributed by atoms with Crippen molar-refractivity contribution in [2.75, 3.05) is 53.1 Å². The van der Waals surface area contributed by atoms with E-state index in [9.17, 15) is 0 Å². The van der Waals surface area contributed by atoms with Crippen LogP contribution in [0.15, 0.2) is 4.99 Å². The van der Waals surface area contributed by atoms with Crippen LogP contribution in [0.5, 0.6) is 0 Å². The molecular weight excluding hydrogens is 357 g/mol. The fourth-order valence-corrected chi connectivity index (χ4v) is 2.03. The van der Waals surface area contributed by atoms with Crippen LogP contribution in [0.1, 0.15) is 20.3 Å². The summed E-state index contributed by atoms with van der Waals surface area (Å²) < 4.78 is 10.7. The fraction of sp³-hybridized carbons (Fsp3) is 0.923. The molecular formula is C13H28IN3O2. The van der Waals surface area contributed by atoms with E-state index in [1.807, 2.05) is 6.92 Å². The molecule has 1 fully saturated rings. The smallest absolute Gasteiger partial charge is 0.193 e. The van der Waals surface area contributed by atoms with E-state index in [1.165, 1.54) is 0 Å². The van der Waals surface area contributed by atoms with Gasteiger partial charge in [0.1, 0.15) is 0 Å². The van der Waals surface area contributed by atoms with Crippen LogP contribution in [0, 0.1) is 5.92 Å². The quantitative estimate of drug-likeness (QED) is 0.313. The molecule has 1 N–H and O–H groups in total. The standard InChI is InChI=1S/C13H27N3O2.HI/c1-4-14-13(15-7-9-17-5-2)16(3)10-12-6-8-18-11-12;/h12H,4-11H2,1-3H3,(H,14,15);1H. The van der Waals surface area contributed by atoms with Gasteiger partial charge >= 0.3 is 0 Å². The molecule has 0 aromatic heterocycles. The molecule has 0 aliphatic carbocycles. The summed E-state index contributed by atoms with van der Waals surface area (Å²) in [4.78, 5) is 6.75. The van der Waals surface area contributed by atoms with Crippen LogP contribution in [-0.4, -0.2) is 64.0 Å². The summed E-state index contributed by atoms with van der Waals surface area (Å²) in [5, 5.41) is 3.31. The van der Waals surface area contributed by atoms with Gasteiger partial charge in [-0.25, -0.2) is 0 Å². The zero-order valence-electron chi connectivity index (χ0n) is 12.4. The first-order valence-corrected chi connectivity index (χ1v) is 6.92. The number of nitrogens with zero attached hydrogens (tertiary/aromatic N) is 2. The van der Waals surface area contributed by atoms with Crippen LogP contribution in [0.4, 0.5) is 0 Å². The van der Waals surface area contributed by atoms with Crippen molar-refractivity contribution in [3.63, 3.8) is 0 Å². The number of hydrogen-bond acceptors (Lipinski definition) is 3. The van der Waals surface area contributed by atoms with Gasteiger partial charge in [0.2, 0.25) is 0 Å². The van der Waals surface area contributed by atoms with E-state index in [1.54, 1.807) is 0 Å². The van der Waals surface area contributed by atoms with Gasteiger partial charge in [-0.3, -0.25) is 4.99 Å². The zero-order valence-corrected chi connectivity index (χ0v) is 14.7. The van der Waals surface area contributed by atoms with Crippen LogP contribution in [-0.2, 0) is 9.47 Å². The van der Waals surface area contributed by atoms with Crippen LogP contribution in [0.25, 0.3) is 0 Å². The van der Waals surface area contributed by atoms with Crippen molar-refractivity contribution >= 4 is 29.9 Å². The Morgan fingerprint density at radius 3 is 2.84 bits per heavy atom. The Morgan fingerprint density at radius 1 is 1.47 bits per heavy atom. The predicted molar refractivity (Wildman–Crippen MR) is 89.4 cm³/mol. The molecule has 1 aliphatic rings. The zero-order chi connectivity index (χ0) is 13.2. The van der Waals surface area contributed by atoms with Gasteiger partial charge in [-0.05, 0) is 20.3 Å². The Bertz CT molecular complexity index is 246. The van der Waals surface area contributed by atoms with E-state index in [4.69, 9.17) is 9.47 Å². The van der Waals surface area contributed by atoms with E-state index in [-0.39, 0.29) is 24.0 Å². The Kier molecular flexibility index (Phi) is 11.7. The molecule has 0 aromatic carbocycles. The molecule has 0 radical (unpaired) electrons. The first-order valence-electron chi connectivity index (χ1n) is 6.92. The molecule has 5 nitrogen and oxygen atoms in total. The highest BCUT2D eigenvalue weighted by Crippen LogP contribution is 2.13. The van der Waals surface area contributed by atoms with Crippen molar-refractivity contribution in [3.8, 4) is 0 Å². The van der Waals surface area contributed by atoms with Gasteiger partial charge in [0.05, 0.1) is 19.8 Å². The minimum atomic E-state index is 0. The van der Waals surface area contributed by atoms with Gasteiger partial charge in [-0.15, -0.1) is 24.0 Å². The normalized spacial score (nSPS) is 19.1. The molecule has 0 saturated carbocycles. The highest BCUT2D eigenvalue weighted by Gasteiger charge is 2.18. The largest absolute Gasteiger partial charge is 0.381 e. The highest BCUT2D eigenvalue weighted by molar-refractivity contribution is 14.0. The van der Waals surface area contributed by atoms with Gasteiger partial charge in [0.15, 0.2) is 5.96 Å². The number of ether oxygens (including phenoxy) is 2. The van der Waals surface area contributed by atoms with Crippen LogP contribution < -0.4 is 5.32 Å². The van der Waals surface area contributed by atoms with Gasteiger partial charge in [0.25, 0.3) is 0 Å². The summed E-state index contributed by atoms with van der Waals surface area (Å²) in [5.41, 5.74) is 0. The van der Waals surface area contributed by atoms with Crippen LogP contribution in [0.2, 0.25) is 0 Å². The SMILES string of the molecule is CCNC(=NCCOCC)N(C)CC1CCOC1.I. The third-order valence-corrected chi connectivity index (χ3v) is 2.95. The monoisotopic (exact) mass is 385 g/mol. The second-order valence-electron chi connectivity index (χ2n) is 4.54. The topological polar surface area (TPSA) is 46.1 Å². The van der Waals surface area contributed by atoms with E-state index in [0.29, 0.717) is 19.1 Å². The molecule has 6 heteroatoms. The third kappa shape index (κ3) is 7.94. The lowest BCUT2D eigenvalue weighted by molar-refractivity contribution is 0.155. The van der Waals surface area contributed by atoms with Crippen LogP contribution in [0.3, 0.4) is 0 Å². The summed E-state index contributed by atoms with van der Waals surface area (Å²) >= 11 is 0. The van der Waals surface area contributed by atoms with Gasteiger partial charge in [-0.2, -0.15) is 0 Å². The molecule has 0 spiro atoms. The van der Waals surface area contributed by atoms with Crippen molar-refractivity contribution in [3.05, 3.63) is 0 Å². The minimum Gasteiger partial charge on any atom is -0.381 e. The number of hydrogen-bond donors (Lipinski definition) is 1. The second kappa shape index (κ2) is 11.7. The first-order chi connectivity index (χ1) is 8.77. The van der Waals surface area contributed by atoms with E-state index < -0.39 is 0 Å². The predicted octanol–water partition coefficient (Wildman–Crippen LogP) is 1.57. The fourth-order valence-electron chi connectivity index (χ4n) is 2.03. The average Bonchev–Trinajstić information content (AvgIpc) is 2.86. The van der Waals surface area contributed by atoms with Crippen molar-refractivity contribution in [2.24, 2.45) is 10.9 Å². The summed E-state index contributed by atoms with van der Waals surface area (Å²) in [6.45, 7) is 9.90. The number of halogens is 1. The Labute approximate surface area is 134 Å². The van der Waals surface area contributed by atoms with Gasteiger partial charge < -0.3 is 19.7 Å². The van der Waals surface area contributed by atoms with Gasteiger partial charge in [-0.1, -0.05) is 0 Å². The Morgan fingerprint density at radius 2 is 2.26 bits per heavy atom. The Balaban J connectivity index is 0.00000324. The number of guanidine groups is 1. The first kappa shape index (κ1) is 18.9. The second-order valence-corrected chi connectivity index (χ2v) is 4.54. The third-order valence-electron chi connectivity index (χ3n) is 2.95. The average molecular weight is 385 g/mol. The maximum atomic E-state index is 5.40. The molecule has 0 aromatic rings. The molecule has 19 heavy (non-hydrogen) atoms. The molecule has 1 aliphatic heterocycles. The van der Waals surface area contributed by atoms with E-state index >= 15 is 0 Å². The highest BCUT2D eigenvalue weighted by atomic mass is 127. The Hall–Kier alpha value is -0.0800. The van der Waals surface area contributed by atoms with E-state index in [0.717, 1.165) is 45.3 Å². The van der Waals surface area contributed by atoms with E-state index in [2.05, 4.69) is 29.2 Å². The summed E-state index contributed by atoms with van der Waals surface area (Å²) in [6, 6.07) is 0. The minimum absolute atomic E-state index is 0. The number of nitrogens with one attached hydrogen (secondary N) is 1. The van der Waals surface area contributed by atoms with Crippen molar-refractivity contribution < 1.29 is 9.47 Å². The van der Waals surface area contributed by atoms with Crippen molar-refractivity contribution in [2.45, 2.75) is 20.3 Å². The maximum Gasteiger partial charge on any atom is 0.193 e. The molecule has 1 heterocycles. The maximum absolute atomic E-state index is 5.40. The molecule has 1 rings (SSSR count). The number of aliphatic imine (C=N–C) groups is 1.